The summed E-state index contributed by atoms with van der Waals surface area (Å²) in [4.78, 5) is 23.1. The summed E-state index contributed by atoms with van der Waals surface area (Å²) in [7, 11) is 0. The van der Waals surface area contributed by atoms with Crippen LogP contribution in [-0.2, 0) is 11.4 Å². The highest BCUT2D eigenvalue weighted by molar-refractivity contribution is 9.10. The molecule has 0 heterocycles. The number of non-ortho nitro benzene ring substituents is 1. The Kier molecular flexibility index (Phi) is 7.60. The van der Waals surface area contributed by atoms with Crippen molar-refractivity contribution in [2.24, 2.45) is 0 Å². The molecule has 0 aliphatic rings. The molecule has 0 saturated heterocycles. The number of hydrogen-bond acceptors (Lipinski definition) is 5. The quantitative estimate of drug-likeness (QED) is 0.177. The number of nitriles is 1. The molecule has 0 bridgehead atoms. The second kappa shape index (κ2) is 10.6. The number of amides is 1. The maximum atomic E-state index is 12.7. The van der Waals surface area contributed by atoms with Gasteiger partial charge in [-0.15, -0.1) is 0 Å². The van der Waals surface area contributed by atoms with Gasteiger partial charge in [0.2, 0.25) is 0 Å². The molecule has 0 aliphatic carbocycles. The van der Waals surface area contributed by atoms with Crippen molar-refractivity contribution in [3.05, 3.63) is 103 Å². The number of nitro benzene ring substituents is 1. The summed E-state index contributed by atoms with van der Waals surface area (Å²) in [6.45, 7) is 0.306. The van der Waals surface area contributed by atoms with Crippen LogP contribution >= 0.6 is 27.5 Å². The van der Waals surface area contributed by atoms with E-state index in [2.05, 4.69) is 21.2 Å². The number of carbonyl (C=O) groups excluding carboxylic acids is 1. The number of nitrogens with one attached hydrogen (secondary N) is 1. The van der Waals surface area contributed by atoms with E-state index in [-0.39, 0.29) is 22.0 Å². The molecule has 32 heavy (non-hydrogen) atoms. The standard InChI is InChI=1S/C23H15BrClN3O4/c24-18-6-9-22(32-14-15-4-2-1-3-5-15)16(11-18)10-17(13-26)23(29)27-21-12-19(28(30)31)7-8-20(21)25/h1-12H,14H2,(H,27,29)/b17-10+. The molecule has 9 heteroatoms. The summed E-state index contributed by atoms with van der Waals surface area (Å²) in [6.07, 6.45) is 1.38. The molecule has 0 unspecified atom stereocenters. The van der Waals surface area contributed by atoms with Crippen LogP contribution in [-0.4, -0.2) is 10.8 Å². The maximum absolute atomic E-state index is 12.7. The van der Waals surface area contributed by atoms with E-state index in [0.717, 1.165) is 16.1 Å². The summed E-state index contributed by atoms with van der Waals surface area (Å²) >= 11 is 9.41. The molecule has 0 aromatic heterocycles. The van der Waals surface area contributed by atoms with Gasteiger partial charge in [0.25, 0.3) is 11.6 Å². The average molecular weight is 513 g/mol. The third kappa shape index (κ3) is 5.94. The Labute approximate surface area is 197 Å². The largest absolute Gasteiger partial charge is 0.488 e. The third-order valence-electron chi connectivity index (χ3n) is 4.28. The molecule has 0 radical (unpaired) electrons. The highest BCUT2D eigenvalue weighted by Crippen LogP contribution is 2.29. The highest BCUT2D eigenvalue weighted by atomic mass is 79.9. The fourth-order valence-electron chi connectivity index (χ4n) is 2.72. The monoisotopic (exact) mass is 511 g/mol. The molecule has 0 spiro atoms. The van der Waals surface area contributed by atoms with Gasteiger partial charge in [-0.3, -0.25) is 14.9 Å². The Morgan fingerprint density at radius 1 is 1.19 bits per heavy atom. The van der Waals surface area contributed by atoms with E-state index in [1.807, 2.05) is 36.4 Å². The number of nitrogens with zero attached hydrogens (tertiary/aromatic N) is 2. The van der Waals surface area contributed by atoms with E-state index in [4.69, 9.17) is 16.3 Å². The van der Waals surface area contributed by atoms with Crippen molar-refractivity contribution in [2.45, 2.75) is 6.61 Å². The van der Waals surface area contributed by atoms with Crippen LogP contribution in [0.2, 0.25) is 5.02 Å². The summed E-state index contributed by atoms with van der Waals surface area (Å²) in [6, 6.07) is 20.3. The van der Waals surface area contributed by atoms with Gasteiger partial charge in [0.05, 0.1) is 15.6 Å². The van der Waals surface area contributed by atoms with Gasteiger partial charge < -0.3 is 10.1 Å². The van der Waals surface area contributed by atoms with Crippen LogP contribution in [0.5, 0.6) is 5.75 Å². The molecule has 3 aromatic rings. The van der Waals surface area contributed by atoms with Gasteiger partial charge in [-0.05, 0) is 35.9 Å². The zero-order valence-corrected chi connectivity index (χ0v) is 18.8. The Morgan fingerprint density at radius 3 is 2.62 bits per heavy atom. The first kappa shape index (κ1) is 23.0. The lowest BCUT2D eigenvalue weighted by atomic mass is 10.1. The molecule has 0 fully saturated rings. The van der Waals surface area contributed by atoms with Gasteiger partial charge in [-0.1, -0.05) is 57.9 Å². The molecule has 3 aromatic carbocycles. The number of ether oxygens (including phenoxy) is 1. The Morgan fingerprint density at radius 2 is 1.94 bits per heavy atom. The molecule has 1 N–H and O–H groups in total. The van der Waals surface area contributed by atoms with Gasteiger partial charge in [-0.25, -0.2) is 0 Å². The topological polar surface area (TPSA) is 105 Å². The van der Waals surface area contributed by atoms with Crippen LogP contribution in [0.15, 0.2) is 76.8 Å². The van der Waals surface area contributed by atoms with Crippen LogP contribution in [0.4, 0.5) is 11.4 Å². The second-order valence-corrected chi connectivity index (χ2v) is 7.82. The van der Waals surface area contributed by atoms with E-state index in [1.165, 1.54) is 18.2 Å². The summed E-state index contributed by atoms with van der Waals surface area (Å²) < 4.78 is 6.61. The Bertz CT molecular complexity index is 1240. The predicted molar refractivity (Wildman–Crippen MR) is 125 cm³/mol. The van der Waals surface area contributed by atoms with Gasteiger partial charge >= 0.3 is 0 Å². The molecular formula is C23H15BrClN3O4. The van der Waals surface area contributed by atoms with Crippen molar-refractivity contribution in [3.8, 4) is 11.8 Å². The van der Waals surface area contributed by atoms with Gasteiger partial charge in [-0.2, -0.15) is 5.26 Å². The summed E-state index contributed by atoms with van der Waals surface area (Å²) in [5.74, 6) is -0.283. The van der Waals surface area contributed by atoms with Crippen molar-refractivity contribution in [2.75, 3.05) is 5.32 Å². The molecule has 7 nitrogen and oxygen atoms in total. The van der Waals surface area contributed by atoms with Crippen molar-refractivity contribution < 1.29 is 14.5 Å². The molecule has 0 atom stereocenters. The number of anilines is 1. The summed E-state index contributed by atoms with van der Waals surface area (Å²) in [5, 5.41) is 23.1. The minimum Gasteiger partial charge on any atom is -0.488 e. The van der Waals surface area contributed by atoms with Gasteiger partial charge in [0.15, 0.2) is 0 Å². The first-order valence-corrected chi connectivity index (χ1v) is 10.4. The van der Waals surface area contributed by atoms with Crippen LogP contribution in [0.25, 0.3) is 6.08 Å². The third-order valence-corrected chi connectivity index (χ3v) is 5.11. The van der Waals surface area contributed by atoms with E-state index in [1.54, 1.807) is 18.2 Å². The smallest absolute Gasteiger partial charge is 0.271 e. The number of rotatable bonds is 7. The lowest BCUT2D eigenvalue weighted by Crippen LogP contribution is -2.14. The summed E-state index contributed by atoms with van der Waals surface area (Å²) in [5.41, 5.74) is 1.03. The van der Waals surface area contributed by atoms with Crippen LogP contribution in [0.1, 0.15) is 11.1 Å². The van der Waals surface area contributed by atoms with E-state index in [9.17, 15) is 20.2 Å². The van der Waals surface area contributed by atoms with Crippen LogP contribution in [0.3, 0.4) is 0 Å². The SMILES string of the molecule is N#C/C(=C\c1cc(Br)ccc1OCc1ccccc1)C(=O)Nc1cc([N+](=O)[O-])ccc1Cl. The lowest BCUT2D eigenvalue weighted by Gasteiger charge is -2.11. The molecular weight excluding hydrogens is 498 g/mol. The van der Waals surface area contributed by atoms with Crippen molar-refractivity contribution in [1.82, 2.24) is 0 Å². The number of benzene rings is 3. The predicted octanol–water partition coefficient (Wildman–Crippen LogP) is 6.14. The van der Waals surface area contributed by atoms with Crippen LogP contribution < -0.4 is 10.1 Å². The first-order valence-electron chi connectivity index (χ1n) is 9.20. The first-order chi connectivity index (χ1) is 15.4. The van der Waals surface area contributed by atoms with Gasteiger partial charge in [0.1, 0.15) is 24.0 Å². The normalized spacial score (nSPS) is 10.8. The van der Waals surface area contributed by atoms with E-state index < -0.39 is 10.8 Å². The van der Waals surface area contributed by atoms with Crippen LogP contribution in [0, 0.1) is 21.4 Å². The Hall–Kier alpha value is -3.67. The highest BCUT2D eigenvalue weighted by Gasteiger charge is 2.16. The minimum absolute atomic E-state index is 0.0295. The maximum Gasteiger partial charge on any atom is 0.271 e. The van der Waals surface area contributed by atoms with E-state index in [0.29, 0.717) is 17.9 Å². The second-order valence-electron chi connectivity index (χ2n) is 6.50. The van der Waals surface area contributed by atoms with Gasteiger partial charge in [0, 0.05) is 22.2 Å². The molecule has 1 amide bonds. The number of carbonyl (C=O) groups is 1. The lowest BCUT2D eigenvalue weighted by molar-refractivity contribution is -0.384. The minimum atomic E-state index is -0.760. The number of halogens is 2. The zero-order valence-electron chi connectivity index (χ0n) is 16.4. The molecule has 0 saturated carbocycles. The fraction of sp³-hybridized carbons (Fsp3) is 0.0435. The average Bonchev–Trinajstić information content (AvgIpc) is 2.78. The molecule has 0 aliphatic heterocycles. The molecule has 160 valence electrons. The van der Waals surface area contributed by atoms with Crippen molar-refractivity contribution >= 4 is 50.9 Å². The number of nitro groups is 1. The van der Waals surface area contributed by atoms with E-state index >= 15 is 0 Å². The zero-order chi connectivity index (χ0) is 23.1. The fourth-order valence-corrected chi connectivity index (χ4v) is 3.26. The van der Waals surface area contributed by atoms with Crippen molar-refractivity contribution in [1.29, 1.82) is 5.26 Å². The van der Waals surface area contributed by atoms with Crippen molar-refractivity contribution in [3.63, 3.8) is 0 Å². The molecule has 3 rings (SSSR count). The Balaban J connectivity index is 1.86. The number of hydrogen-bond donors (Lipinski definition) is 1.